The molecule has 3 heteroatoms. The van der Waals surface area contributed by atoms with E-state index in [1.165, 1.54) is 21.7 Å². The maximum Gasteiger partial charge on any atom is 0.0679 e. The molecule has 1 atom stereocenters. The highest BCUT2D eigenvalue weighted by Gasteiger charge is 2.16. The van der Waals surface area contributed by atoms with Crippen LogP contribution in [0.2, 0.25) is 0 Å². The fourth-order valence-corrected chi connectivity index (χ4v) is 3.93. The SMILES string of the molecule is C/C=C\C(=C/C(C)n1c(-c2ccncc2)cc2c3ccccc3ccc21)CO. The minimum atomic E-state index is 0.0292. The molecule has 0 fully saturated rings. The van der Waals surface area contributed by atoms with Gasteiger partial charge in [-0.3, -0.25) is 4.98 Å². The second-order valence-corrected chi connectivity index (χ2v) is 7.00. The first-order valence-electron chi connectivity index (χ1n) is 9.60. The van der Waals surface area contributed by atoms with Crippen molar-refractivity contribution < 1.29 is 5.11 Å². The van der Waals surface area contributed by atoms with Gasteiger partial charge in [-0.15, -0.1) is 0 Å². The fraction of sp³-hybridized carbons (Fsp3) is 0.160. The van der Waals surface area contributed by atoms with Crippen LogP contribution in [-0.4, -0.2) is 21.3 Å². The van der Waals surface area contributed by atoms with Gasteiger partial charge in [-0.25, -0.2) is 0 Å². The Bertz CT molecular complexity index is 1170. The lowest BCUT2D eigenvalue weighted by Gasteiger charge is -2.17. The summed E-state index contributed by atoms with van der Waals surface area (Å²) in [7, 11) is 0. The maximum atomic E-state index is 9.71. The van der Waals surface area contributed by atoms with Gasteiger partial charge in [0.25, 0.3) is 0 Å². The number of aromatic nitrogens is 2. The third-order valence-electron chi connectivity index (χ3n) is 5.15. The number of hydrogen-bond acceptors (Lipinski definition) is 2. The van der Waals surface area contributed by atoms with Crippen LogP contribution in [0.1, 0.15) is 19.9 Å². The summed E-state index contributed by atoms with van der Waals surface area (Å²) in [4.78, 5) is 4.17. The molecule has 0 saturated carbocycles. The lowest BCUT2D eigenvalue weighted by atomic mass is 10.1. The Balaban J connectivity index is 2.01. The quantitative estimate of drug-likeness (QED) is 0.445. The normalized spacial score (nSPS) is 13.6. The van der Waals surface area contributed by atoms with Crippen LogP contribution in [-0.2, 0) is 0 Å². The van der Waals surface area contributed by atoms with Crippen molar-refractivity contribution in [3.63, 3.8) is 0 Å². The zero-order chi connectivity index (χ0) is 19.5. The van der Waals surface area contributed by atoms with E-state index in [4.69, 9.17) is 0 Å². The zero-order valence-corrected chi connectivity index (χ0v) is 16.2. The van der Waals surface area contributed by atoms with E-state index in [1.807, 2.05) is 43.6 Å². The smallest absolute Gasteiger partial charge is 0.0679 e. The van der Waals surface area contributed by atoms with E-state index in [0.717, 1.165) is 16.8 Å². The molecule has 0 amide bonds. The standard InChI is InChI=1S/C25H24N2O/c1-3-6-19(17-28)15-18(2)27-24-10-9-20-7-4-5-8-22(20)23(24)16-25(27)21-11-13-26-14-12-21/h3-16,18,28H,17H2,1-2H3/b6-3-,19-15+. The van der Waals surface area contributed by atoms with E-state index >= 15 is 0 Å². The second-order valence-electron chi connectivity index (χ2n) is 7.00. The van der Waals surface area contributed by atoms with Crippen LogP contribution in [0.15, 0.2) is 90.8 Å². The summed E-state index contributed by atoms with van der Waals surface area (Å²) in [6.45, 7) is 4.16. The average molecular weight is 368 g/mol. The number of fused-ring (bicyclic) bond motifs is 3. The van der Waals surface area contributed by atoms with Gasteiger partial charge in [0, 0.05) is 34.6 Å². The first kappa shape index (κ1) is 18.2. The number of nitrogens with zero attached hydrogens (tertiary/aromatic N) is 2. The van der Waals surface area contributed by atoms with Crippen molar-refractivity contribution in [3.05, 3.63) is 90.8 Å². The summed E-state index contributed by atoms with van der Waals surface area (Å²) in [5, 5.41) is 13.4. The molecule has 0 radical (unpaired) electrons. The second kappa shape index (κ2) is 7.83. The lowest BCUT2D eigenvalue weighted by molar-refractivity contribution is 0.334. The molecule has 3 nitrogen and oxygen atoms in total. The van der Waals surface area contributed by atoms with Crippen molar-refractivity contribution in [1.82, 2.24) is 9.55 Å². The van der Waals surface area contributed by atoms with E-state index in [9.17, 15) is 5.11 Å². The summed E-state index contributed by atoms with van der Waals surface area (Å²) in [5.74, 6) is 0. The Labute approximate surface area is 165 Å². The molecule has 2 heterocycles. The predicted octanol–water partition coefficient (Wildman–Crippen LogP) is 5.91. The van der Waals surface area contributed by atoms with Gasteiger partial charge >= 0.3 is 0 Å². The Kier molecular flexibility index (Phi) is 5.09. The highest BCUT2D eigenvalue weighted by molar-refractivity contribution is 6.08. The van der Waals surface area contributed by atoms with Crippen molar-refractivity contribution in [1.29, 1.82) is 0 Å². The first-order valence-corrected chi connectivity index (χ1v) is 9.60. The summed E-state index contributed by atoms with van der Waals surface area (Å²) >= 11 is 0. The van der Waals surface area contributed by atoms with Gasteiger partial charge in [-0.1, -0.05) is 48.6 Å². The highest BCUT2D eigenvalue weighted by atomic mass is 16.3. The Morgan fingerprint density at radius 3 is 2.61 bits per heavy atom. The summed E-state index contributed by atoms with van der Waals surface area (Å²) < 4.78 is 2.34. The molecule has 0 bridgehead atoms. The minimum Gasteiger partial charge on any atom is -0.392 e. The molecule has 2 aromatic carbocycles. The van der Waals surface area contributed by atoms with Crippen molar-refractivity contribution in [2.24, 2.45) is 0 Å². The number of benzene rings is 2. The van der Waals surface area contributed by atoms with Gasteiger partial charge in [-0.2, -0.15) is 0 Å². The molecule has 1 N–H and O–H groups in total. The van der Waals surface area contributed by atoms with Crippen molar-refractivity contribution in [3.8, 4) is 11.3 Å². The fourth-order valence-electron chi connectivity index (χ4n) is 3.93. The minimum absolute atomic E-state index is 0.0292. The topological polar surface area (TPSA) is 38.0 Å². The van der Waals surface area contributed by atoms with Gasteiger partial charge in [0.05, 0.1) is 12.6 Å². The van der Waals surface area contributed by atoms with Gasteiger partial charge in [0.15, 0.2) is 0 Å². The first-order chi connectivity index (χ1) is 13.7. The third kappa shape index (κ3) is 3.25. The van der Waals surface area contributed by atoms with Gasteiger partial charge in [-0.05, 0) is 54.5 Å². The largest absolute Gasteiger partial charge is 0.392 e. The molecule has 1 unspecified atom stereocenters. The van der Waals surface area contributed by atoms with Crippen molar-refractivity contribution >= 4 is 21.7 Å². The van der Waals surface area contributed by atoms with Crippen molar-refractivity contribution in [2.75, 3.05) is 6.61 Å². The van der Waals surface area contributed by atoms with E-state index in [2.05, 4.69) is 65.0 Å². The van der Waals surface area contributed by atoms with Crippen LogP contribution >= 0.6 is 0 Å². The number of aliphatic hydroxyl groups excluding tert-OH is 1. The van der Waals surface area contributed by atoms with Crippen LogP contribution in [0.5, 0.6) is 0 Å². The molecule has 140 valence electrons. The number of rotatable bonds is 5. The summed E-state index contributed by atoms with van der Waals surface area (Å²) in [6, 6.07) is 19.3. The van der Waals surface area contributed by atoms with Crippen LogP contribution in [0, 0.1) is 0 Å². The molecule has 2 aromatic heterocycles. The third-order valence-corrected chi connectivity index (χ3v) is 5.15. The summed E-state index contributed by atoms with van der Waals surface area (Å²) in [5.41, 5.74) is 4.38. The van der Waals surface area contributed by atoms with Gasteiger partial charge in [0.1, 0.15) is 0 Å². The number of aliphatic hydroxyl groups is 1. The monoisotopic (exact) mass is 368 g/mol. The molecular formula is C25H24N2O. The molecule has 0 aliphatic rings. The number of allylic oxidation sites excluding steroid dienone is 2. The summed E-state index contributed by atoms with van der Waals surface area (Å²) in [6.07, 6.45) is 9.70. The number of pyridine rings is 1. The lowest BCUT2D eigenvalue weighted by Crippen LogP contribution is -2.05. The van der Waals surface area contributed by atoms with Crippen LogP contribution in [0.3, 0.4) is 0 Å². The van der Waals surface area contributed by atoms with E-state index in [0.29, 0.717) is 0 Å². The Morgan fingerprint density at radius 1 is 1.07 bits per heavy atom. The molecule has 0 aliphatic carbocycles. The van der Waals surface area contributed by atoms with Crippen LogP contribution in [0.25, 0.3) is 32.9 Å². The number of hydrogen-bond donors (Lipinski definition) is 1. The molecule has 28 heavy (non-hydrogen) atoms. The van der Waals surface area contributed by atoms with E-state index < -0.39 is 0 Å². The van der Waals surface area contributed by atoms with E-state index in [1.54, 1.807) is 0 Å². The Morgan fingerprint density at radius 2 is 1.86 bits per heavy atom. The molecule has 0 aliphatic heterocycles. The molecular weight excluding hydrogens is 344 g/mol. The zero-order valence-electron chi connectivity index (χ0n) is 16.2. The predicted molar refractivity (Wildman–Crippen MR) is 117 cm³/mol. The molecule has 0 saturated heterocycles. The van der Waals surface area contributed by atoms with Gasteiger partial charge in [0.2, 0.25) is 0 Å². The van der Waals surface area contributed by atoms with E-state index in [-0.39, 0.29) is 12.6 Å². The highest BCUT2D eigenvalue weighted by Crippen LogP contribution is 2.35. The Hall–Kier alpha value is -3.17. The van der Waals surface area contributed by atoms with Crippen LogP contribution in [0.4, 0.5) is 0 Å². The van der Waals surface area contributed by atoms with Crippen molar-refractivity contribution in [2.45, 2.75) is 19.9 Å². The average Bonchev–Trinajstić information content (AvgIpc) is 3.14. The molecule has 4 aromatic rings. The molecule has 0 spiro atoms. The molecule has 4 rings (SSSR count). The van der Waals surface area contributed by atoms with Crippen LogP contribution < -0.4 is 0 Å². The maximum absolute atomic E-state index is 9.71. The van der Waals surface area contributed by atoms with Gasteiger partial charge < -0.3 is 9.67 Å².